The molecule has 1 aromatic rings. The van der Waals surface area contributed by atoms with Gasteiger partial charge in [-0.15, -0.1) is 0 Å². The van der Waals surface area contributed by atoms with Crippen LogP contribution in [-0.2, 0) is 20.7 Å². The second-order valence-corrected chi connectivity index (χ2v) is 8.59. The summed E-state index contributed by atoms with van der Waals surface area (Å²) in [5.41, 5.74) is 3.92. The van der Waals surface area contributed by atoms with Gasteiger partial charge in [-0.1, -0.05) is 0 Å². The summed E-state index contributed by atoms with van der Waals surface area (Å²) >= 11 is 0. The molecule has 1 aliphatic heterocycles. The Kier molecular flexibility index (Phi) is 7.53. The summed E-state index contributed by atoms with van der Waals surface area (Å²) in [5.74, 6) is 0.0816. The van der Waals surface area contributed by atoms with Gasteiger partial charge in [0.25, 0.3) is 5.91 Å². The number of ketones is 1. The molecule has 0 fully saturated rings. The number of esters is 1. The first-order valence-electron chi connectivity index (χ1n) is 11.9. The van der Waals surface area contributed by atoms with Crippen molar-refractivity contribution in [1.82, 2.24) is 10.2 Å². The van der Waals surface area contributed by atoms with Gasteiger partial charge in [0.05, 0.1) is 32.8 Å². The summed E-state index contributed by atoms with van der Waals surface area (Å²) in [6, 6.07) is 1.79. The first-order valence-corrected chi connectivity index (χ1v) is 11.9. The molecule has 0 saturated carbocycles. The molecule has 0 aromatic heterocycles. The van der Waals surface area contributed by atoms with Crippen molar-refractivity contribution in [2.24, 2.45) is 4.99 Å². The molecule has 1 unspecified atom stereocenters. The lowest BCUT2D eigenvalue weighted by Gasteiger charge is -2.31. The van der Waals surface area contributed by atoms with Crippen LogP contribution in [-0.4, -0.2) is 62.4 Å². The molecule has 0 spiro atoms. The highest BCUT2D eigenvalue weighted by Gasteiger charge is 2.33. The van der Waals surface area contributed by atoms with Gasteiger partial charge in [0.2, 0.25) is 0 Å². The molecule has 9 heteroatoms. The van der Waals surface area contributed by atoms with Crippen molar-refractivity contribution in [1.29, 1.82) is 0 Å². The summed E-state index contributed by atoms with van der Waals surface area (Å²) < 4.78 is 16.6. The molecular formula is C26H31N3O6. The fourth-order valence-electron chi connectivity index (χ4n) is 4.97. The van der Waals surface area contributed by atoms with Crippen LogP contribution >= 0.6 is 0 Å². The van der Waals surface area contributed by atoms with Crippen LogP contribution in [0.4, 0.5) is 0 Å². The number of methoxy groups -OCH3 is 2. The van der Waals surface area contributed by atoms with E-state index in [1.807, 2.05) is 0 Å². The number of aliphatic imine (C=N–C) groups is 1. The number of amides is 1. The monoisotopic (exact) mass is 481 g/mol. The van der Waals surface area contributed by atoms with Gasteiger partial charge in [-0.25, -0.2) is 0 Å². The lowest BCUT2D eigenvalue weighted by molar-refractivity contribution is -0.144. The lowest BCUT2D eigenvalue weighted by Crippen LogP contribution is -2.48. The third-order valence-electron chi connectivity index (χ3n) is 6.53. The SMILES string of the molecule is CCOC(=O)CC(NC(=O)c1cc2c(c(OC)c1OC)C1=C(CCC1)C(=O)CC2)N1C=CC=NC1. The Morgan fingerprint density at radius 3 is 2.57 bits per heavy atom. The smallest absolute Gasteiger partial charge is 0.309 e. The van der Waals surface area contributed by atoms with Gasteiger partial charge in [-0.3, -0.25) is 19.4 Å². The van der Waals surface area contributed by atoms with Crippen LogP contribution in [0, 0.1) is 0 Å². The van der Waals surface area contributed by atoms with Gasteiger partial charge in [0.15, 0.2) is 17.3 Å². The van der Waals surface area contributed by atoms with Crippen molar-refractivity contribution in [3.63, 3.8) is 0 Å². The molecule has 0 saturated heterocycles. The van der Waals surface area contributed by atoms with Gasteiger partial charge in [-0.05, 0) is 61.5 Å². The van der Waals surface area contributed by atoms with Crippen LogP contribution in [0.15, 0.2) is 28.9 Å². The number of fused-ring (bicyclic) bond motifs is 2. The van der Waals surface area contributed by atoms with Crippen LogP contribution in [0.5, 0.6) is 11.5 Å². The van der Waals surface area contributed by atoms with Gasteiger partial charge in [0, 0.05) is 24.4 Å². The maximum atomic E-state index is 13.6. The van der Waals surface area contributed by atoms with Gasteiger partial charge < -0.3 is 24.4 Å². The van der Waals surface area contributed by atoms with E-state index in [0.29, 0.717) is 31.0 Å². The predicted molar refractivity (Wildman–Crippen MR) is 130 cm³/mol. The van der Waals surface area contributed by atoms with Crippen LogP contribution in [0.1, 0.15) is 60.5 Å². The molecule has 3 aliphatic rings. The minimum absolute atomic E-state index is 0.0470. The highest BCUT2D eigenvalue weighted by Crippen LogP contribution is 2.48. The number of carbonyl (C=O) groups excluding carboxylic acids is 3. The Morgan fingerprint density at radius 2 is 1.89 bits per heavy atom. The zero-order chi connectivity index (χ0) is 24.9. The maximum Gasteiger partial charge on any atom is 0.309 e. The molecule has 1 amide bonds. The summed E-state index contributed by atoms with van der Waals surface area (Å²) in [6.45, 7) is 2.28. The second kappa shape index (κ2) is 10.8. The molecule has 0 bridgehead atoms. The summed E-state index contributed by atoms with van der Waals surface area (Å²) in [7, 11) is 3.03. The van der Waals surface area contributed by atoms with Crippen LogP contribution in [0.2, 0.25) is 0 Å². The standard InChI is InChI=1S/C26H31N3O6/c1-4-35-22(31)14-21(29-12-6-11-27-15-29)28-26(32)19-13-16-9-10-20(30)17-7-5-8-18(17)23(16)25(34-3)24(19)33-2/h6,11-13,21H,4-5,7-10,14-15H2,1-3H3,(H,28,32). The number of Topliss-reactive ketones (excluding diaryl/α,β-unsaturated/α-hetero) is 1. The van der Waals surface area contributed by atoms with Crippen molar-refractivity contribution in [3.8, 4) is 11.5 Å². The topological polar surface area (TPSA) is 107 Å². The third-order valence-corrected chi connectivity index (χ3v) is 6.53. The van der Waals surface area contributed by atoms with Crippen LogP contribution < -0.4 is 14.8 Å². The molecule has 1 heterocycles. The predicted octanol–water partition coefficient (Wildman–Crippen LogP) is 3.02. The van der Waals surface area contributed by atoms with E-state index >= 15 is 0 Å². The Hall–Kier alpha value is -3.62. The van der Waals surface area contributed by atoms with E-state index in [0.717, 1.165) is 41.5 Å². The third kappa shape index (κ3) is 4.94. The summed E-state index contributed by atoms with van der Waals surface area (Å²) in [4.78, 5) is 44.5. The summed E-state index contributed by atoms with van der Waals surface area (Å²) in [6.07, 6.45) is 7.84. The van der Waals surface area contributed by atoms with Gasteiger partial charge >= 0.3 is 5.97 Å². The Labute approximate surface area is 204 Å². The molecule has 0 radical (unpaired) electrons. The van der Waals surface area contributed by atoms with Crippen molar-refractivity contribution in [2.45, 2.75) is 51.6 Å². The van der Waals surface area contributed by atoms with E-state index in [9.17, 15) is 14.4 Å². The molecule has 35 heavy (non-hydrogen) atoms. The van der Waals surface area contributed by atoms with E-state index in [2.05, 4.69) is 10.3 Å². The number of allylic oxidation sites excluding steroid dienone is 3. The van der Waals surface area contributed by atoms with E-state index in [1.165, 1.54) is 7.11 Å². The number of carbonyl (C=O) groups is 3. The highest BCUT2D eigenvalue weighted by atomic mass is 16.5. The molecule has 1 N–H and O–H groups in total. The van der Waals surface area contributed by atoms with E-state index in [4.69, 9.17) is 14.2 Å². The first-order chi connectivity index (χ1) is 17.0. The average Bonchev–Trinajstić information content (AvgIpc) is 3.31. The fourth-order valence-corrected chi connectivity index (χ4v) is 4.97. The Balaban J connectivity index is 1.71. The summed E-state index contributed by atoms with van der Waals surface area (Å²) in [5, 5.41) is 2.94. The second-order valence-electron chi connectivity index (χ2n) is 8.59. The Morgan fingerprint density at radius 1 is 1.11 bits per heavy atom. The lowest BCUT2D eigenvalue weighted by atomic mass is 9.93. The number of ether oxygens (including phenoxy) is 3. The fraction of sp³-hybridized carbons (Fsp3) is 0.462. The molecule has 2 aliphatic carbocycles. The van der Waals surface area contributed by atoms with Crippen molar-refractivity contribution in [2.75, 3.05) is 27.5 Å². The number of rotatable bonds is 8. The number of nitrogens with zero attached hydrogens (tertiary/aromatic N) is 2. The van der Waals surface area contributed by atoms with Gasteiger partial charge in [0.1, 0.15) is 12.8 Å². The largest absolute Gasteiger partial charge is 0.492 e. The molecule has 4 rings (SSSR count). The van der Waals surface area contributed by atoms with Crippen molar-refractivity contribution in [3.05, 3.63) is 40.6 Å². The number of hydrogen-bond donors (Lipinski definition) is 1. The zero-order valence-electron chi connectivity index (χ0n) is 20.4. The molecule has 186 valence electrons. The maximum absolute atomic E-state index is 13.6. The number of nitrogens with one attached hydrogen (secondary N) is 1. The van der Waals surface area contributed by atoms with Crippen molar-refractivity contribution >= 4 is 29.4 Å². The van der Waals surface area contributed by atoms with E-state index in [1.54, 1.807) is 43.5 Å². The minimum atomic E-state index is -0.671. The quantitative estimate of drug-likeness (QED) is 0.569. The van der Waals surface area contributed by atoms with E-state index in [-0.39, 0.29) is 24.4 Å². The molecule has 1 aromatic carbocycles. The van der Waals surface area contributed by atoms with Crippen LogP contribution in [0.25, 0.3) is 5.57 Å². The number of hydrogen-bond acceptors (Lipinski definition) is 8. The minimum Gasteiger partial charge on any atom is -0.492 e. The highest BCUT2D eigenvalue weighted by molar-refractivity contribution is 6.07. The zero-order valence-corrected chi connectivity index (χ0v) is 20.4. The normalized spacial score (nSPS) is 17.5. The van der Waals surface area contributed by atoms with Gasteiger partial charge in [-0.2, -0.15) is 0 Å². The number of benzene rings is 1. The Bertz CT molecular complexity index is 1120. The van der Waals surface area contributed by atoms with Crippen LogP contribution in [0.3, 0.4) is 0 Å². The number of aryl methyl sites for hydroxylation is 1. The molecular weight excluding hydrogens is 450 g/mol. The van der Waals surface area contributed by atoms with Crippen molar-refractivity contribution < 1.29 is 28.6 Å². The average molecular weight is 482 g/mol. The molecule has 1 atom stereocenters. The van der Waals surface area contributed by atoms with E-state index < -0.39 is 18.0 Å². The first kappa shape index (κ1) is 24.5. The molecule has 9 nitrogen and oxygen atoms in total.